The molecule has 0 unspecified atom stereocenters. The molecule has 0 radical (unpaired) electrons. The fourth-order valence-electron chi connectivity index (χ4n) is 4.16. The number of amides is 2. The van der Waals surface area contributed by atoms with Crippen LogP contribution in [-0.2, 0) is 9.59 Å². The second-order valence-electron chi connectivity index (χ2n) is 7.85. The predicted molar refractivity (Wildman–Crippen MR) is 123 cm³/mol. The number of carbonyl (C=O) groups is 2. The van der Waals surface area contributed by atoms with Crippen molar-refractivity contribution < 1.29 is 14.3 Å². The number of nitrogens with one attached hydrogen (secondary N) is 1. The summed E-state index contributed by atoms with van der Waals surface area (Å²) in [5.41, 5.74) is 2.62. The number of benzene rings is 2. The number of likely N-dealkylation sites (N-methyl/N-ethyl adjacent to an activating group) is 1. The molecule has 7 heteroatoms. The van der Waals surface area contributed by atoms with E-state index in [1.54, 1.807) is 4.90 Å². The summed E-state index contributed by atoms with van der Waals surface area (Å²) in [5, 5.41) is 3.02. The number of nitrogens with zero attached hydrogens (tertiary/aromatic N) is 3. The molecule has 0 atom stereocenters. The third-order valence-electron chi connectivity index (χ3n) is 5.93. The summed E-state index contributed by atoms with van der Waals surface area (Å²) >= 11 is 0. The Kier molecular flexibility index (Phi) is 6.72. The Balaban J connectivity index is 1.34. The number of ether oxygens (including phenoxy) is 1. The first kappa shape index (κ1) is 21.2. The van der Waals surface area contributed by atoms with Crippen molar-refractivity contribution >= 4 is 28.9 Å². The standard InChI is InChI=1S/C24H30N4O3/c1-2-26-13-15-27(16-14-26)20-8-4-3-7-19(20)25-23(29)11-12-24(30)28-17-18-31-22-10-6-5-9-21(22)28/h3-10H,2,11-18H2,1H3,(H,25,29). The maximum atomic E-state index is 12.8. The van der Waals surface area contributed by atoms with E-state index in [1.165, 1.54) is 0 Å². The molecule has 0 aliphatic carbocycles. The van der Waals surface area contributed by atoms with Gasteiger partial charge in [0.05, 0.1) is 23.6 Å². The van der Waals surface area contributed by atoms with Crippen molar-refractivity contribution in [2.24, 2.45) is 0 Å². The monoisotopic (exact) mass is 422 g/mol. The minimum Gasteiger partial charge on any atom is -0.490 e. The Labute approximate surface area is 183 Å². The van der Waals surface area contributed by atoms with Gasteiger partial charge < -0.3 is 24.8 Å². The predicted octanol–water partition coefficient (Wildman–Crippen LogP) is 2.97. The van der Waals surface area contributed by atoms with Crippen LogP contribution in [0.3, 0.4) is 0 Å². The molecule has 2 heterocycles. The lowest BCUT2D eigenvalue weighted by molar-refractivity contribution is -0.122. The van der Waals surface area contributed by atoms with Crippen LogP contribution >= 0.6 is 0 Å². The third kappa shape index (κ3) is 4.99. The molecule has 2 aromatic rings. The second-order valence-corrected chi connectivity index (χ2v) is 7.85. The summed E-state index contributed by atoms with van der Waals surface area (Å²) in [6.45, 7) is 8.14. The van der Waals surface area contributed by atoms with E-state index >= 15 is 0 Å². The summed E-state index contributed by atoms with van der Waals surface area (Å²) in [6.07, 6.45) is 0.313. The van der Waals surface area contributed by atoms with Gasteiger partial charge in [-0.25, -0.2) is 0 Å². The number of carbonyl (C=O) groups excluding carboxylic acids is 2. The van der Waals surface area contributed by atoms with Gasteiger partial charge in [0.2, 0.25) is 11.8 Å². The summed E-state index contributed by atoms with van der Waals surface area (Å²) in [5.74, 6) is 0.507. The minimum atomic E-state index is -0.144. The molecule has 0 saturated carbocycles. The van der Waals surface area contributed by atoms with Gasteiger partial charge in [0, 0.05) is 39.0 Å². The van der Waals surface area contributed by atoms with Gasteiger partial charge in [-0.3, -0.25) is 9.59 Å². The molecule has 7 nitrogen and oxygen atoms in total. The van der Waals surface area contributed by atoms with Crippen LogP contribution in [0.25, 0.3) is 0 Å². The average molecular weight is 423 g/mol. The summed E-state index contributed by atoms with van der Waals surface area (Å²) in [6, 6.07) is 15.4. The largest absolute Gasteiger partial charge is 0.490 e. The Hall–Kier alpha value is -3.06. The number of rotatable bonds is 6. The van der Waals surface area contributed by atoms with E-state index in [4.69, 9.17) is 4.74 Å². The van der Waals surface area contributed by atoms with Crippen molar-refractivity contribution in [3.8, 4) is 5.75 Å². The number of hydrogen-bond acceptors (Lipinski definition) is 5. The van der Waals surface area contributed by atoms with Crippen LogP contribution in [0.1, 0.15) is 19.8 Å². The van der Waals surface area contributed by atoms with Gasteiger partial charge in [0.15, 0.2) is 0 Å². The van der Waals surface area contributed by atoms with Gasteiger partial charge in [-0.15, -0.1) is 0 Å². The zero-order valence-corrected chi connectivity index (χ0v) is 18.0. The molecule has 2 aliphatic heterocycles. The third-order valence-corrected chi connectivity index (χ3v) is 5.93. The van der Waals surface area contributed by atoms with Crippen LogP contribution in [0.15, 0.2) is 48.5 Å². The lowest BCUT2D eigenvalue weighted by Gasteiger charge is -2.36. The highest BCUT2D eigenvalue weighted by molar-refractivity contribution is 6.00. The maximum absolute atomic E-state index is 12.8. The van der Waals surface area contributed by atoms with E-state index in [9.17, 15) is 9.59 Å². The highest BCUT2D eigenvalue weighted by Crippen LogP contribution is 2.31. The van der Waals surface area contributed by atoms with Gasteiger partial charge in [-0.1, -0.05) is 31.2 Å². The van der Waals surface area contributed by atoms with Gasteiger partial charge >= 0.3 is 0 Å². The zero-order chi connectivity index (χ0) is 21.6. The number of fused-ring (bicyclic) bond motifs is 1. The highest BCUT2D eigenvalue weighted by atomic mass is 16.5. The molecular formula is C24H30N4O3. The molecule has 31 heavy (non-hydrogen) atoms. The first-order valence-electron chi connectivity index (χ1n) is 11.0. The second kappa shape index (κ2) is 9.83. The molecular weight excluding hydrogens is 392 g/mol. The molecule has 2 aliphatic rings. The molecule has 4 rings (SSSR count). The van der Waals surface area contributed by atoms with E-state index in [2.05, 4.69) is 22.0 Å². The Bertz CT molecular complexity index is 925. The van der Waals surface area contributed by atoms with Gasteiger partial charge in [-0.05, 0) is 30.8 Å². The van der Waals surface area contributed by atoms with Crippen molar-refractivity contribution in [2.45, 2.75) is 19.8 Å². The lowest BCUT2D eigenvalue weighted by Crippen LogP contribution is -2.46. The fourth-order valence-corrected chi connectivity index (χ4v) is 4.16. The molecule has 164 valence electrons. The Morgan fingerprint density at radius 3 is 2.39 bits per heavy atom. The smallest absolute Gasteiger partial charge is 0.227 e. The van der Waals surface area contributed by atoms with Crippen LogP contribution < -0.4 is 19.9 Å². The quantitative estimate of drug-likeness (QED) is 0.775. The lowest BCUT2D eigenvalue weighted by atomic mass is 10.2. The zero-order valence-electron chi connectivity index (χ0n) is 18.0. The number of para-hydroxylation sites is 4. The van der Waals surface area contributed by atoms with Crippen molar-refractivity contribution in [1.82, 2.24) is 4.90 Å². The van der Waals surface area contributed by atoms with Crippen LogP contribution in [-0.4, -0.2) is 62.6 Å². The first-order chi connectivity index (χ1) is 15.2. The summed E-state index contributed by atoms with van der Waals surface area (Å²) < 4.78 is 5.61. The summed E-state index contributed by atoms with van der Waals surface area (Å²) in [4.78, 5) is 31.9. The van der Waals surface area contributed by atoms with E-state index in [0.717, 1.165) is 49.8 Å². The highest BCUT2D eigenvalue weighted by Gasteiger charge is 2.24. The van der Waals surface area contributed by atoms with Crippen molar-refractivity contribution in [2.75, 3.05) is 61.0 Å². The van der Waals surface area contributed by atoms with Gasteiger partial charge in [-0.2, -0.15) is 0 Å². The van der Waals surface area contributed by atoms with E-state index in [-0.39, 0.29) is 24.7 Å². The van der Waals surface area contributed by atoms with E-state index < -0.39 is 0 Å². The maximum Gasteiger partial charge on any atom is 0.227 e. The molecule has 0 bridgehead atoms. The van der Waals surface area contributed by atoms with Crippen LogP contribution in [0, 0.1) is 0 Å². The van der Waals surface area contributed by atoms with Crippen molar-refractivity contribution in [1.29, 1.82) is 0 Å². The van der Waals surface area contributed by atoms with Gasteiger partial charge in [0.25, 0.3) is 0 Å². The van der Waals surface area contributed by atoms with E-state index in [0.29, 0.717) is 18.9 Å². The fraction of sp³-hybridized carbons (Fsp3) is 0.417. The molecule has 1 N–H and O–H groups in total. The van der Waals surface area contributed by atoms with Crippen LogP contribution in [0.4, 0.5) is 17.1 Å². The van der Waals surface area contributed by atoms with E-state index in [1.807, 2.05) is 48.5 Å². The number of anilines is 3. The molecule has 1 fully saturated rings. The molecule has 2 amide bonds. The van der Waals surface area contributed by atoms with Gasteiger partial charge in [0.1, 0.15) is 12.4 Å². The van der Waals surface area contributed by atoms with Crippen LogP contribution in [0.2, 0.25) is 0 Å². The molecule has 1 saturated heterocycles. The SMILES string of the molecule is CCN1CCN(c2ccccc2NC(=O)CCC(=O)N2CCOc3ccccc32)CC1. The minimum absolute atomic E-state index is 0.0603. The van der Waals surface area contributed by atoms with Crippen molar-refractivity contribution in [3.05, 3.63) is 48.5 Å². The molecule has 0 aromatic heterocycles. The first-order valence-corrected chi connectivity index (χ1v) is 11.0. The van der Waals surface area contributed by atoms with Crippen LogP contribution in [0.5, 0.6) is 5.75 Å². The normalized spacial score (nSPS) is 16.4. The van der Waals surface area contributed by atoms with Crippen molar-refractivity contribution in [3.63, 3.8) is 0 Å². The topological polar surface area (TPSA) is 65.1 Å². The average Bonchev–Trinajstić information content (AvgIpc) is 2.82. The summed E-state index contributed by atoms with van der Waals surface area (Å²) in [7, 11) is 0. The molecule has 0 spiro atoms. The number of piperazine rings is 1. The number of hydrogen-bond donors (Lipinski definition) is 1. The Morgan fingerprint density at radius 2 is 1.61 bits per heavy atom. The Morgan fingerprint density at radius 1 is 0.903 bits per heavy atom. The molecule has 2 aromatic carbocycles.